The van der Waals surface area contributed by atoms with Crippen LogP contribution in [0, 0.1) is 0 Å². The third kappa shape index (κ3) is 2.57. The molecule has 0 spiro atoms. The fourth-order valence-corrected chi connectivity index (χ4v) is 3.65. The van der Waals surface area contributed by atoms with Crippen LogP contribution in [0.1, 0.15) is 19.1 Å². The molecular weight excluding hydrogens is 330 g/mol. The number of aliphatic hydroxyl groups is 4. The van der Waals surface area contributed by atoms with Gasteiger partial charge in [0.15, 0.2) is 23.2 Å². The predicted molar refractivity (Wildman–Crippen MR) is 85.8 cm³/mol. The second kappa shape index (κ2) is 6.46. The fraction of sp³-hybridized carbons (Fsp3) is 0.667. The molecule has 136 valence electrons. The molecule has 0 radical (unpaired) electrons. The standard InChI is InChI=1S/C15H21N5O5/c21-4-8-2-1-3-19(8)13-10-14(17-6-16-13)20(7-18-10)15-12(24)11(23)9(5-22)25-15/h6-9,11-12,15,21-24H,1-5H2/t8-,9-,11?,12?,15-/m1/s1. The molecule has 2 saturated heterocycles. The molecule has 4 heterocycles. The number of ether oxygens (including phenoxy) is 1. The first-order chi connectivity index (χ1) is 12.2. The van der Waals surface area contributed by atoms with Crippen molar-refractivity contribution in [3.05, 3.63) is 12.7 Å². The molecule has 2 aliphatic heterocycles. The molecule has 2 fully saturated rings. The quantitative estimate of drug-likeness (QED) is 0.513. The summed E-state index contributed by atoms with van der Waals surface area (Å²) in [6, 6.07) is -0.00263. The Labute approximate surface area is 143 Å². The summed E-state index contributed by atoms with van der Waals surface area (Å²) in [7, 11) is 0. The molecule has 2 unspecified atom stereocenters. The lowest BCUT2D eigenvalue weighted by molar-refractivity contribution is -0.0511. The molecule has 0 bridgehead atoms. The Morgan fingerprint density at radius 3 is 2.68 bits per heavy atom. The van der Waals surface area contributed by atoms with Crippen molar-refractivity contribution in [2.75, 3.05) is 24.7 Å². The second-order valence-electron chi connectivity index (χ2n) is 6.42. The average Bonchev–Trinajstić information content (AvgIpc) is 3.33. The normalized spacial score (nSPS) is 32.8. The number of nitrogens with zero attached hydrogens (tertiary/aromatic N) is 5. The fourth-order valence-electron chi connectivity index (χ4n) is 3.65. The monoisotopic (exact) mass is 351 g/mol. The molecule has 0 aromatic carbocycles. The van der Waals surface area contributed by atoms with Gasteiger partial charge < -0.3 is 30.1 Å². The van der Waals surface area contributed by atoms with E-state index in [4.69, 9.17) is 4.74 Å². The van der Waals surface area contributed by atoms with E-state index in [0.29, 0.717) is 17.0 Å². The van der Waals surface area contributed by atoms with Crippen LogP contribution in [-0.2, 0) is 4.74 Å². The van der Waals surface area contributed by atoms with E-state index in [1.54, 1.807) is 0 Å². The second-order valence-corrected chi connectivity index (χ2v) is 6.42. The zero-order chi connectivity index (χ0) is 17.6. The number of hydrogen-bond donors (Lipinski definition) is 4. The van der Waals surface area contributed by atoms with Crippen LogP contribution in [0.2, 0.25) is 0 Å². The molecule has 0 amide bonds. The molecule has 2 aliphatic rings. The van der Waals surface area contributed by atoms with Crippen molar-refractivity contribution in [1.82, 2.24) is 19.5 Å². The van der Waals surface area contributed by atoms with Crippen molar-refractivity contribution in [2.24, 2.45) is 0 Å². The van der Waals surface area contributed by atoms with E-state index in [9.17, 15) is 20.4 Å². The first-order valence-electron chi connectivity index (χ1n) is 8.33. The van der Waals surface area contributed by atoms with Crippen molar-refractivity contribution in [3.63, 3.8) is 0 Å². The minimum Gasteiger partial charge on any atom is -0.394 e. The first kappa shape index (κ1) is 16.6. The highest BCUT2D eigenvalue weighted by Crippen LogP contribution is 2.34. The summed E-state index contributed by atoms with van der Waals surface area (Å²) in [6.45, 7) is 0.423. The third-order valence-corrected chi connectivity index (χ3v) is 4.99. The number of anilines is 1. The number of imidazole rings is 1. The van der Waals surface area contributed by atoms with Gasteiger partial charge in [0, 0.05) is 6.54 Å². The zero-order valence-electron chi connectivity index (χ0n) is 13.5. The summed E-state index contributed by atoms with van der Waals surface area (Å²) in [5.74, 6) is 0.632. The molecule has 10 heteroatoms. The molecule has 5 atom stereocenters. The Morgan fingerprint density at radius 2 is 1.96 bits per heavy atom. The minimum atomic E-state index is -1.20. The summed E-state index contributed by atoms with van der Waals surface area (Å²) in [5, 5.41) is 39.0. The van der Waals surface area contributed by atoms with Crippen molar-refractivity contribution in [1.29, 1.82) is 0 Å². The van der Waals surface area contributed by atoms with Crippen molar-refractivity contribution >= 4 is 17.0 Å². The lowest BCUT2D eigenvalue weighted by Crippen LogP contribution is -2.33. The summed E-state index contributed by atoms with van der Waals surface area (Å²) in [5.41, 5.74) is 1.00. The number of aliphatic hydroxyl groups excluding tert-OH is 4. The number of fused-ring (bicyclic) bond motifs is 1. The average molecular weight is 351 g/mol. The number of rotatable bonds is 4. The maximum absolute atomic E-state index is 10.2. The maximum Gasteiger partial charge on any atom is 0.167 e. The molecule has 4 rings (SSSR count). The maximum atomic E-state index is 10.2. The van der Waals surface area contributed by atoms with Crippen LogP contribution >= 0.6 is 0 Å². The van der Waals surface area contributed by atoms with Gasteiger partial charge in [0.05, 0.1) is 25.6 Å². The van der Waals surface area contributed by atoms with Gasteiger partial charge in [-0.1, -0.05) is 0 Å². The molecule has 0 aliphatic carbocycles. The summed E-state index contributed by atoms with van der Waals surface area (Å²) in [6.07, 6.45) is 0.584. The van der Waals surface area contributed by atoms with E-state index in [-0.39, 0.29) is 12.6 Å². The van der Waals surface area contributed by atoms with E-state index in [1.165, 1.54) is 17.2 Å². The van der Waals surface area contributed by atoms with Crippen LogP contribution in [0.3, 0.4) is 0 Å². The largest absolute Gasteiger partial charge is 0.394 e. The summed E-state index contributed by atoms with van der Waals surface area (Å²) < 4.78 is 7.09. The third-order valence-electron chi connectivity index (χ3n) is 4.99. The van der Waals surface area contributed by atoms with Gasteiger partial charge in [-0.2, -0.15) is 0 Å². The highest BCUT2D eigenvalue weighted by molar-refractivity contribution is 5.83. The molecule has 2 aromatic rings. The van der Waals surface area contributed by atoms with E-state index in [1.807, 2.05) is 4.90 Å². The van der Waals surface area contributed by atoms with Crippen molar-refractivity contribution in [2.45, 2.75) is 43.4 Å². The SMILES string of the molecule is OC[C@H]1CCCN1c1ncnc2c1ncn2[C@@H]1O[C@H](CO)C(O)C1O. The van der Waals surface area contributed by atoms with Gasteiger partial charge in [-0.15, -0.1) is 0 Å². The van der Waals surface area contributed by atoms with Crippen molar-refractivity contribution in [3.8, 4) is 0 Å². The van der Waals surface area contributed by atoms with Gasteiger partial charge in [0.2, 0.25) is 0 Å². The topological polar surface area (TPSA) is 137 Å². The van der Waals surface area contributed by atoms with E-state index in [2.05, 4.69) is 15.0 Å². The van der Waals surface area contributed by atoms with Crippen LogP contribution in [0.4, 0.5) is 5.82 Å². The Bertz CT molecular complexity index is 755. The van der Waals surface area contributed by atoms with E-state index < -0.39 is 31.1 Å². The molecule has 10 nitrogen and oxygen atoms in total. The Balaban J connectivity index is 1.72. The van der Waals surface area contributed by atoms with Gasteiger partial charge in [-0.3, -0.25) is 4.57 Å². The van der Waals surface area contributed by atoms with Crippen LogP contribution in [0.25, 0.3) is 11.2 Å². The predicted octanol–water partition coefficient (Wildman–Crippen LogP) is -1.60. The minimum absolute atomic E-state index is 0.00263. The molecule has 0 saturated carbocycles. The van der Waals surface area contributed by atoms with Gasteiger partial charge in [0.25, 0.3) is 0 Å². The molecule has 4 N–H and O–H groups in total. The zero-order valence-corrected chi connectivity index (χ0v) is 13.5. The van der Waals surface area contributed by atoms with E-state index in [0.717, 1.165) is 19.4 Å². The van der Waals surface area contributed by atoms with Gasteiger partial charge in [-0.05, 0) is 12.8 Å². The lowest BCUT2D eigenvalue weighted by Gasteiger charge is -2.24. The van der Waals surface area contributed by atoms with Crippen molar-refractivity contribution < 1.29 is 25.2 Å². The van der Waals surface area contributed by atoms with Gasteiger partial charge >= 0.3 is 0 Å². The Morgan fingerprint density at radius 1 is 1.12 bits per heavy atom. The van der Waals surface area contributed by atoms with Crippen LogP contribution in [0.5, 0.6) is 0 Å². The smallest absolute Gasteiger partial charge is 0.167 e. The first-order valence-corrected chi connectivity index (χ1v) is 8.33. The molecule has 25 heavy (non-hydrogen) atoms. The number of aromatic nitrogens is 4. The highest BCUT2D eigenvalue weighted by atomic mass is 16.6. The highest BCUT2D eigenvalue weighted by Gasteiger charge is 2.44. The van der Waals surface area contributed by atoms with E-state index >= 15 is 0 Å². The van der Waals surface area contributed by atoms with Crippen LogP contribution < -0.4 is 4.90 Å². The Kier molecular flexibility index (Phi) is 4.29. The van der Waals surface area contributed by atoms with Crippen LogP contribution in [0.15, 0.2) is 12.7 Å². The summed E-state index contributed by atoms with van der Waals surface area (Å²) >= 11 is 0. The summed E-state index contributed by atoms with van der Waals surface area (Å²) in [4.78, 5) is 15.0. The molecule has 2 aromatic heterocycles. The van der Waals surface area contributed by atoms with Gasteiger partial charge in [0.1, 0.15) is 24.6 Å². The van der Waals surface area contributed by atoms with Gasteiger partial charge in [-0.25, -0.2) is 15.0 Å². The Hall–Kier alpha value is -1.85. The number of hydrogen-bond acceptors (Lipinski definition) is 9. The van der Waals surface area contributed by atoms with Crippen LogP contribution in [-0.4, -0.2) is 84.1 Å². The lowest BCUT2D eigenvalue weighted by atomic mass is 10.1. The molecular formula is C15H21N5O5.